The van der Waals surface area contributed by atoms with Crippen LogP contribution in [0.5, 0.6) is 0 Å². The van der Waals surface area contributed by atoms with E-state index >= 15 is 0 Å². The second kappa shape index (κ2) is 3.26. The molecular weight excluding hydrogens is 122 g/mol. The monoisotopic (exact) mass is 131 g/mol. The predicted octanol–water partition coefficient (Wildman–Crippen LogP) is -0.360. The number of rotatable bonds is 1. The second-order valence-electron chi connectivity index (χ2n) is 1.34. The van der Waals surface area contributed by atoms with Crippen molar-refractivity contribution >= 4 is 17.3 Å². The van der Waals surface area contributed by atoms with Crippen LogP contribution in [0.25, 0.3) is 0 Å². The summed E-state index contributed by atoms with van der Waals surface area (Å²) in [7, 11) is 0. The van der Waals surface area contributed by atoms with Gasteiger partial charge in [0.1, 0.15) is 0 Å². The van der Waals surface area contributed by atoms with Crippen molar-refractivity contribution in [3.8, 4) is 0 Å². The zero-order valence-corrected chi connectivity index (χ0v) is 5.46. The average Bonchev–Trinajstić information content (AvgIpc) is 1.65. The van der Waals surface area contributed by atoms with Crippen LogP contribution in [-0.2, 0) is 0 Å². The molecule has 0 unspecified atom stereocenters. The van der Waals surface area contributed by atoms with Gasteiger partial charge in [0.25, 0.3) is 0 Å². The summed E-state index contributed by atoms with van der Waals surface area (Å²) in [6.45, 7) is 1.78. The third kappa shape index (κ3) is 3.42. The molecule has 5 N–H and O–H groups in total. The molecule has 0 radical (unpaired) electrons. The molecule has 0 spiro atoms. The fourth-order valence-corrected chi connectivity index (χ4v) is 0.397. The summed E-state index contributed by atoms with van der Waals surface area (Å²) in [4.78, 5) is 0. The molecule has 0 aliphatic carbocycles. The molecule has 46 valence electrons. The first-order valence-corrected chi connectivity index (χ1v) is 2.52. The molecule has 0 fully saturated rings. The van der Waals surface area contributed by atoms with Crippen molar-refractivity contribution in [3.05, 3.63) is 11.9 Å². The van der Waals surface area contributed by atoms with Crippen molar-refractivity contribution in [1.82, 2.24) is 5.32 Å². The Hall–Kier alpha value is -0.770. The van der Waals surface area contributed by atoms with Gasteiger partial charge in [0.2, 0.25) is 0 Å². The summed E-state index contributed by atoms with van der Waals surface area (Å²) in [6.07, 6.45) is 1.40. The molecule has 0 aliphatic rings. The largest absolute Gasteiger partial charge is 0.403 e. The van der Waals surface area contributed by atoms with E-state index in [-0.39, 0.29) is 5.11 Å². The van der Waals surface area contributed by atoms with Crippen molar-refractivity contribution in [2.24, 2.45) is 11.5 Å². The van der Waals surface area contributed by atoms with E-state index in [9.17, 15) is 0 Å². The van der Waals surface area contributed by atoms with Crippen LogP contribution >= 0.6 is 12.2 Å². The van der Waals surface area contributed by atoms with Crippen LogP contribution in [0.2, 0.25) is 0 Å². The smallest absolute Gasteiger partial charge is 0.167 e. The summed E-state index contributed by atoms with van der Waals surface area (Å²) < 4.78 is 0. The van der Waals surface area contributed by atoms with Crippen molar-refractivity contribution in [2.45, 2.75) is 6.92 Å². The fraction of sp³-hybridized carbons (Fsp3) is 0.250. The molecule has 0 bridgehead atoms. The van der Waals surface area contributed by atoms with E-state index < -0.39 is 0 Å². The molecule has 8 heavy (non-hydrogen) atoms. The standard InChI is InChI=1S/C4H9N3S/c1-3(2-5)7-4(6)8/h2H,5H2,1H3,(H3,6,7,8)/b3-2-. The Morgan fingerprint density at radius 3 is 2.38 bits per heavy atom. The minimum atomic E-state index is 0.240. The Bertz CT molecular complexity index is 118. The lowest BCUT2D eigenvalue weighted by Gasteiger charge is -1.99. The first kappa shape index (κ1) is 7.23. The molecule has 0 saturated carbocycles. The lowest BCUT2D eigenvalue weighted by molar-refractivity contribution is 1.11. The normalized spacial score (nSPS) is 10.9. The summed E-state index contributed by atoms with van der Waals surface area (Å²) in [5.74, 6) is 0. The molecule has 0 amide bonds. The summed E-state index contributed by atoms with van der Waals surface area (Å²) in [5, 5.41) is 2.88. The van der Waals surface area contributed by atoms with Gasteiger partial charge in [-0.3, -0.25) is 0 Å². The molecule has 0 saturated heterocycles. The lowest BCUT2D eigenvalue weighted by atomic mass is 10.5. The minimum absolute atomic E-state index is 0.240. The fourth-order valence-electron chi connectivity index (χ4n) is 0.236. The van der Waals surface area contributed by atoms with Crippen molar-refractivity contribution < 1.29 is 0 Å². The number of hydrogen-bond donors (Lipinski definition) is 3. The van der Waals surface area contributed by atoms with Gasteiger partial charge in [-0.15, -0.1) is 0 Å². The SMILES string of the molecule is C/C(=C/N)NC(N)=S. The van der Waals surface area contributed by atoms with Crippen molar-refractivity contribution in [3.63, 3.8) is 0 Å². The molecule has 0 aromatic heterocycles. The van der Waals surface area contributed by atoms with Crippen LogP contribution in [-0.4, -0.2) is 5.11 Å². The van der Waals surface area contributed by atoms with Gasteiger partial charge >= 0.3 is 0 Å². The average molecular weight is 131 g/mol. The Kier molecular flexibility index (Phi) is 2.95. The molecular formula is C4H9N3S. The van der Waals surface area contributed by atoms with Gasteiger partial charge in [-0.2, -0.15) is 0 Å². The van der Waals surface area contributed by atoms with Crippen molar-refractivity contribution in [1.29, 1.82) is 0 Å². The molecule has 0 heterocycles. The Labute approximate surface area is 53.7 Å². The summed E-state index contributed by atoms with van der Waals surface area (Å²) >= 11 is 4.51. The van der Waals surface area contributed by atoms with Gasteiger partial charge in [-0.1, -0.05) is 0 Å². The van der Waals surface area contributed by atoms with Crippen LogP contribution in [0.15, 0.2) is 11.9 Å². The maximum atomic E-state index is 5.09. The minimum Gasteiger partial charge on any atom is -0.403 e. The van der Waals surface area contributed by atoms with E-state index in [1.807, 2.05) is 0 Å². The van der Waals surface area contributed by atoms with E-state index in [1.54, 1.807) is 6.92 Å². The van der Waals surface area contributed by atoms with E-state index in [2.05, 4.69) is 17.5 Å². The summed E-state index contributed by atoms with van der Waals surface area (Å²) in [5.41, 5.74) is 10.9. The third-order valence-electron chi connectivity index (χ3n) is 0.570. The third-order valence-corrected chi connectivity index (χ3v) is 0.672. The first-order chi connectivity index (χ1) is 3.66. The van der Waals surface area contributed by atoms with Crippen LogP contribution in [0.1, 0.15) is 6.92 Å². The maximum Gasteiger partial charge on any atom is 0.167 e. The highest BCUT2D eigenvalue weighted by molar-refractivity contribution is 7.80. The highest BCUT2D eigenvalue weighted by Gasteiger charge is 1.84. The maximum absolute atomic E-state index is 5.09. The lowest BCUT2D eigenvalue weighted by Crippen LogP contribution is -2.27. The topological polar surface area (TPSA) is 64.1 Å². The van der Waals surface area contributed by atoms with Gasteiger partial charge in [0.05, 0.1) is 0 Å². The number of allylic oxidation sites excluding steroid dienone is 1. The quantitative estimate of drug-likeness (QED) is 0.425. The van der Waals surface area contributed by atoms with Crippen LogP contribution in [0.3, 0.4) is 0 Å². The van der Waals surface area contributed by atoms with E-state index in [1.165, 1.54) is 6.20 Å². The highest BCUT2D eigenvalue weighted by Crippen LogP contribution is 1.77. The number of thiocarbonyl (C=S) groups is 1. The molecule has 3 nitrogen and oxygen atoms in total. The Morgan fingerprint density at radius 1 is 1.75 bits per heavy atom. The van der Waals surface area contributed by atoms with E-state index in [4.69, 9.17) is 11.5 Å². The zero-order valence-electron chi connectivity index (χ0n) is 4.64. The van der Waals surface area contributed by atoms with Crippen LogP contribution in [0.4, 0.5) is 0 Å². The Morgan fingerprint density at radius 2 is 2.25 bits per heavy atom. The number of hydrogen-bond acceptors (Lipinski definition) is 2. The number of nitrogens with two attached hydrogens (primary N) is 2. The van der Waals surface area contributed by atoms with E-state index in [0.29, 0.717) is 0 Å². The highest BCUT2D eigenvalue weighted by atomic mass is 32.1. The van der Waals surface area contributed by atoms with Crippen LogP contribution < -0.4 is 16.8 Å². The number of nitrogens with one attached hydrogen (secondary N) is 1. The molecule has 0 rings (SSSR count). The van der Waals surface area contributed by atoms with Gasteiger partial charge < -0.3 is 16.8 Å². The van der Waals surface area contributed by atoms with Gasteiger partial charge in [-0.25, -0.2) is 0 Å². The zero-order chi connectivity index (χ0) is 6.57. The second-order valence-corrected chi connectivity index (χ2v) is 1.78. The molecule has 0 atom stereocenters. The van der Waals surface area contributed by atoms with Crippen molar-refractivity contribution in [2.75, 3.05) is 0 Å². The molecule has 0 aliphatic heterocycles. The molecule has 0 aromatic carbocycles. The van der Waals surface area contributed by atoms with Gasteiger partial charge in [0, 0.05) is 11.9 Å². The van der Waals surface area contributed by atoms with Crippen LogP contribution in [0, 0.1) is 0 Å². The van der Waals surface area contributed by atoms with Gasteiger partial charge in [-0.05, 0) is 19.1 Å². The Balaban J connectivity index is 3.56. The predicted molar refractivity (Wildman–Crippen MR) is 37.9 cm³/mol. The van der Waals surface area contributed by atoms with Gasteiger partial charge in [0.15, 0.2) is 5.11 Å². The molecule has 0 aromatic rings. The summed E-state index contributed by atoms with van der Waals surface area (Å²) in [6, 6.07) is 0. The first-order valence-electron chi connectivity index (χ1n) is 2.11. The molecule has 4 heteroatoms. The van der Waals surface area contributed by atoms with E-state index in [0.717, 1.165) is 5.70 Å².